The van der Waals surface area contributed by atoms with Crippen molar-refractivity contribution in [2.45, 2.75) is 19.5 Å². The van der Waals surface area contributed by atoms with Crippen molar-refractivity contribution in [1.29, 1.82) is 0 Å². The van der Waals surface area contributed by atoms with Crippen LogP contribution in [0.1, 0.15) is 11.1 Å². The van der Waals surface area contributed by atoms with Crippen LogP contribution in [0.4, 0.5) is 13.2 Å². The number of hydrogen-bond donors (Lipinski definition) is 0. The Morgan fingerprint density at radius 2 is 1.93 bits per heavy atom. The van der Waals surface area contributed by atoms with Crippen LogP contribution in [0.15, 0.2) is 18.2 Å². The highest BCUT2D eigenvalue weighted by Crippen LogP contribution is 2.28. The Balaban J connectivity index is 2.99. The van der Waals surface area contributed by atoms with Crippen molar-refractivity contribution in [2.75, 3.05) is 7.11 Å². The molecule has 0 N–H and O–H groups in total. The summed E-state index contributed by atoms with van der Waals surface area (Å²) in [6.07, 6.45) is -5.14. The SMILES string of the molecule is COc1ccc(C)cc1CC(F)(F)F. The average molecular weight is 204 g/mol. The average Bonchev–Trinajstić information content (AvgIpc) is 2.01. The smallest absolute Gasteiger partial charge is 0.393 e. The van der Waals surface area contributed by atoms with E-state index in [1.54, 1.807) is 19.1 Å². The number of hydrogen-bond acceptors (Lipinski definition) is 1. The van der Waals surface area contributed by atoms with E-state index in [1.165, 1.54) is 13.2 Å². The molecule has 1 aromatic rings. The fourth-order valence-electron chi connectivity index (χ4n) is 1.26. The normalized spacial score (nSPS) is 11.5. The Morgan fingerprint density at radius 1 is 1.29 bits per heavy atom. The fourth-order valence-corrected chi connectivity index (χ4v) is 1.26. The molecule has 14 heavy (non-hydrogen) atoms. The highest BCUT2D eigenvalue weighted by Gasteiger charge is 2.29. The molecule has 78 valence electrons. The summed E-state index contributed by atoms with van der Waals surface area (Å²) in [6, 6.07) is 4.77. The molecule has 0 unspecified atom stereocenters. The van der Waals surface area contributed by atoms with Gasteiger partial charge >= 0.3 is 6.18 Å². The van der Waals surface area contributed by atoms with Crippen LogP contribution in [0, 0.1) is 6.92 Å². The van der Waals surface area contributed by atoms with E-state index in [2.05, 4.69) is 0 Å². The summed E-state index contributed by atoms with van der Waals surface area (Å²) < 4.78 is 41.2. The minimum Gasteiger partial charge on any atom is -0.496 e. The largest absolute Gasteiger partial charge is 0.496 e. The van der Waals surface area contributed by atoms with E-state index in [9.17, 15) is 13.2 Å². The summed E-state index contributed by atoms with van der Waals surface area (Å²) in [6.45, 7) is 1.75. The second kappa shape index (κ2) is 3.90. The van der Waals surface area contributed by atoms with Gasteiger partial charge in [-0.2, -0.15) is 13.2 Å². The Labute approximate surface area is 80.5 Å². The topological polar surface area (TPSA) is 9.23 Å². The van der Waals surface area contributed by atoms with Crippen molar-refractivity contribution in [2.24, 2.45) is 0 Å². The minimum absolute atomic E-state index is 0.181. The molecule has 0 amide bonds. The maximum absolute atomic E-state index is 12.1. The van der Waals surface area contributed by atoms with Crippen molar-refractivity contribution < 1.29 is 17.9 Å². The molecular formula is C10H11F3O. The number of halogens is 3. The quantitative estimate of drug-likeness (QED) is 0.719. The lowest BCUT2D eigenvalue weighted by molar-refractivity contribution is -0.127. The summed E-state index contributed by atoms with van der Waals surface area (Å²) in [5, 5.41) is 0. The van der Waals surface area contributed by atoms with Crippen molar-refractivity contribution in [1.82, 2.24) is 0 Å². The lowest BCUT2D eigenvalue weighted by Gasteiger charge is -2.11. The first-order chi connectivity index (χ1) is 6.42. The van der Waals surface area contributed by atoms with Gasteiger partial charge in [-0.3, -0.25) is 0 Å². The van der Waals surface area contributed by atoms with E-state index in [1.807, 2.05) is 0 Å². The maximum atomic E-state index is 12.1. The van der Waals surface area contributed by atoms with Gasteiger partial charge in [-0.15, -0.1) is 0 Å². The van der Waals surface area contributed by atoms with Gasteiger partial charge in [-0.25, -0.2) is 0 Å². The molecule has 0 bridgehead atoms. The lowest BCUT2D eigenvalue weighted by Crippen LogP contribution is -2.12. The monoisotopic (exact) mass is 204 g/mol. The van der Waals surface area contributed by atoms with Gasteiger partial charge in [0.05, 0.1) is 13.5 Å². The van der Waals surface area contributed by atoms with E-state index in [4.69, 9.17) is 4.74 Å². The predicted octanol–water partition coefficient (Wildman–Crippen LogP) is 3.11. The Hall–Kier alpha value is -1.19. The molecule has 1 nitrogen and oxygen atoms in total. The number of alkyl halides is 3. The Bertz CT molecular complexity index is 318. The van der Waals surface area contributed by atoms with Gasteiger partial charge in [-0.1, -0.05) is 17.7 Å². The van der Waals surface area contributed by atoms with Crippen LogP contribution >= 0.6 is 0 Å². The molecule has 0 fully saturated rings. The first-order valence-electron chi connectivity index (χ1n) is 4.12. The van der Waals surface area contributed by atoms with Crippen molar-refractivity contribution >= 4 is 0 Å². The van der Waals surface area contributed by atoms with Gasteiger partial charge < -0.3 is 4.74 Å². The molecule has 0 aliphatic heterocycles. The molecule has 0 aromatic heterocycles. The van der Waals surface area contributed by atoms with Crippen LogP contribution < -0.4 is 4.74 Å². The summed E-state index contributed by atoms with van der Waals surface area (Å²) in [4.78, 5) is 0. The molecule has 0 heterocycles. The minimum atomic E-state index is -4.19. The van der Waals surface area contributed by atoms with Gasteiger partial charge in [0.1, 0.15) is 5.75 Å². The third kappa shape index (κ3) is 2.94. The molecule has 0 saturated heterocycles. The molecular weight excluding hydrogens is 193 g/mol. The van der Waals surface area contributed by atoms with Gasteiger partial charge in [0.25, 0.3) is 0 Å². The molecule has 1 aromatic carbocycles. The zero-order chi connectivity index (χ0) is 10.8. The second-order valence-corrected chi connectivity index (χ2v) is 3.11. The maximum Gasteiger partial charge on any atom is 0.393 e. The second-order valence-electron chi connectivity index (χ2n) is 3.11. The van der Waals surface area contributed by atoms with Crippen molar-refractivity contribution in [3.05, 3.63) is 29.3 Å². The highest BCUT2D eigenvalue weighted by atomic mass is 19.4. The molecule has 1 rings (SSSR count). The standard InChI is InChI=1S/C10H11F3O/c1-7-3-4-9(14-2)8(5-7)6-10(11,12)13/h3-5H,6H2,1-2H3. The molecule has 0 aliphatic rings. The molecule has 0 aliphatic carbocycles. The van der Waals surface area contributed by atoms with Gasteiger partial charge in [0.15, 0.2) is 0 Å². The number of rotatable bonds is 2. The van der Waals surface area contributed by atoms with E-state index in [-0.39, 0.29) is 11.3 Å². The van der Waals surface area contributed by atoms with E-state index in [0.717, 1.165) is 5.56 Å². The first-order valence-corrected chi connectivity index (χ1v) is 4.12. The van der Waals surface area contributed by atoms with Gasteiger partial charge in [-0.05, 0) is 13.0 Å². The summed E-state index contributed by atoms with van der Waals surface area (Å²) >= 11 is 0. The fraction of sp³-hybridized carbons (Fsp3) is 0.400. The third-order valence-electron chi connectivity index (χ3n) is 1.83. The summed E-state index contributed by atoms with van der Waals surface area (Å²) in [5.41, 5.74) is 0.977. The van der Waals surface area contributed by atoms with Crippen LogP contribution in [0.25, 0.3) is 0 Å². The lowest BCUT2D eigenvalue weighted by atomic mass is 10.1. The zero-order valence-electron chi connectivity index (χ0n) is 7.98. The van der Waals surface area contributed by atoms with E-state index >= 15 is 0 Å². The summed E-state index contributed by atoms with van der Waals surface area (Å²) in [5.74, 6) is 0.285. The van der Waals surface area contributed by atoms with Crippen LogP contribution in [-0.4, -0.2) is 13.3 Å². The number of methoxy groups -OCH3 is 1. The zero-order valence-corrected chi connectivity index (χ0v) is 7.98. The van der Waals surface area contributed by atoms with Crippen molar-refractivity contribution in [3.63, 3.8) is 0 Å². The summed E-state index contributed by atoms with van der Waals surface area (Å²) in [7, 11) is 1.37. The molecule has 0 saturated carbocycles. The highest BCUT2D eigenvalue weighted by molar-refractivity contribution is 5.37. The number of aryl methyl sites for hydroxylation is 1. The first kappa shape index (κ1) is 10.9. The van der Waals surface area contributed by atoms with Crippen LogP contribution in [-0.2, 0) is 6.42 Å². The Kier molecular flexibility index (Phi) is 3.03. The number of ether oxygens (including phenoxy) is 1. The van der Waals surface area contributed by atoms with E-state index in [0.29, 0.717) is 0 Å². The van der Waals surface area contributed by atoms with Crippen LogP contribution in [0.2, 0.25) is 0 Å². The van der Waals surface area contributed by atoms with E-state index < -0.39 is 12.6 Å². The van der Waals surface area contributed by atoms with Gasteiger partial charge in [0, 0.05) is 5.56 Å². The number of benzene rings is 1. The van der Waals surface area contributed by atoms with Crippen LogP contribution in [0.5, 0.6) is 5.75 Å². The third-order valence-corrected chi connectivity index (χ3v) is 1.83. The molecule has 0 spiro atoms. The molecule has 4 heteroatoms. The van der Waals surface area contributed by atoms with Crippen molar-refractivity contribution in [3.8, 4) is 5.75 Å². The Morgan fingerprint density at radius 3 is 2.43 bits per heavy atom. The van der Waals surface area contributed by atoms with Crippen LogP contribution in [0.3, 0.4) is 0 Å². The molecule has 0 atom stereocenters. The molecule has 0 radical (unpaired) electrons. The van der Waals surface area contributed by atoms with Gasteiger partial charge in [0.2, 0.25) is 0 Å². The predicted molar refractivity (Wildman–Crippen MR) is 47.5 cm³/mol.